The molecule has 0 spiro atoms. The number of rotatable bonds is 5. The van der Waals surface area contributed by atoms with Gasteiger partial charge in [-0.1, -0.05) is 125 Å². The van der Waals surface area contributed by atoms with Gasteiger partial charge >= 0.3 is 5.97 Å². The quantitative estimate of drug-likeness (QED) is 0.137. The fourth-order valence-corrected chi connectivity index (χ4v) is 9.83. The summed E-state index contributed by atoms with van der Waals surface area (Å²) >= 11 is 4.97. The van der Waals surface area contributed by atoms with E-state index >= 15 is 0 Å². The van der Waals surface area contributed by atoms with Crippen LogP contribution in [0.2, 0.25) is 0 Å². The van der Waals surface area contributed by atoms with Gasteiger partial charge in [-0.25, -0.2) is 0 Å². The first-order valence-corrected chi connectivity index (χ1v) is 23.6. The molecule has 2 aliphatic carbocycles. The van der Waals surface area contributed by atoms with Crippen LogP contribution in [0.15, 0.2) is 119 Å². The van der Waals surface area contributed by atoms with Crippen molar-refractivity contribution in [3.05, 3.63) is 186 Å². The standard InChI is InChI=1S/C27H27N3O4.C23H21N3O3.C4H7ClO/c1-16(2)27(33)34-25-22(31)14-28-30-21(15-29(3)26(32)24(25)30)23-19-10-6-4-8-17(19)12-13-18-9-5-7-11-20(18)23;1-25-13-18(26-21(23(25)29)22(28)19(27)12-24-26)20-16-8-4-2-6-14(16)10-11-15-7-3-5-9-17(15)20;1-3(2)4(5)6/h4-11,14,16,21,23H,12-13,15H2,1-3H3;2-9,12,18,20,28H,10-11,13H2,1H3;3H,1-2H3/t21-;18-;/m11./s1. The summed E-state index contributed by atoms with van der Waals surface area (Å²) in [4.78, 5) is 76.1. The van der Waals surface area contributed by atoms with E-state index in [-0.39, 0.29) is 64.0 Å². The molecule has 0 saturated carbocycles. The summed E-state index contributed by atoms with van der Waals surface area (Å²) in [5.74, 6) is -2.72. The molecule has 2 aromatic heterocycles. The molecule has 15 heteroatoms. The molecular weight excluding hydrogens is 896 g/mol. The molecule has 1 N–H and O–H groups in total. The van der Waals surface area contributed by atoms with Crippen molar-refractivity contribution in [1.82, 2.24) is 29.4 Å². The molecule has 69 heavy (non-hydrogen) atoms. The zero-order valence-corrected chi connectivity index (χ0v) is 40.2. The number of aryl methyl sites for hydroxylation is 4. The van der Waals surface area contributed by atoms with Gasteiger partial charge in [0.1, 0.15) is 0 Å². The van der Waals surface area contributed by atoms with Crippen molar-refractivity contribution in [3.8, 4) is 11.5 Å². The first-order valence-electron chi connectivity index (χ1n) is 23.2. The Morgan fingerprint density at radius 2 is 0.928 bits per heavy atom. The fourth-order valence-electron chi connectivity index (χ4n) is 9.83. The van der Waals surface area contributed by atoms with Crippen LogP contribution in [0.5, 0.6) is 11.5 Å². The average molecular weight is 952 g/mol. The summed E-state index contributed by atoms with van der Waals surface area (Å²) < 4.78 is 8.63. The largest absolute Gasteiger partial charge is 0.502 e. The molecule has 14 nitrogen and oxygen atoms in total. The summed E-state index contributed by atoms with van der Waals surface area (Å²) in [5.41, 5.74) is 8.64. The highest BCUT2D eigenvalue weighted by Crippen LogP contribution is 2.45. The highest BCUT2D eigenvalue weighted by Gasteiger charge is 2.42. The number of aromatic nitrogens is 4. The van der Waals surface area contributed by atoms with E-state index < -0.39 is 28.5 Å². The van der Waals surface area contributed by atoms with Crippen LogP contribution in [0.25, 0.3) is 0 Å². The second kappa shape index (κ2) is 20.2. The van der Waals surface area contributed by atoms with E-state index in [9.17, 15) is 33.9 Å². The number of aromatic hydroxyl groups is 1. The third-order valence-corrected chi connectivity index (χ3v) is 13.8. The van der Waals surface area contributed by atoms with Crippen LogP contribution in [0.3, 0.4) is 0 Å². The summed E-state index contributed by atoms with van der Waals surface area (Å²) in [7, 11) is 3.41. The van der Waals surface area contributed by atoms with E-state index in [1.165, 1.54) is 44.5 Å². The molecule has 356 valence electrons. The maximum atomic E-state index is 13.3. The van der Waals surface area contributed by atoms with Gasteiger partial charge in [-0.2, -0.15) is 10.2 Å². The number of carbonyl (C=O) groups is 4. The molecule has 2 aliphatic heterocycles. The van der Waals surface area contributed by atoms with E-state index in [0.29, 0.717) is 13.1 Å². The van der Waals surface area contributed by atoms with Gasteiger partial charge in [0.15, 0.2) is 17.1 Å². The van der Waals surface area contributed by atoms with Crippen molar-refractivity contribution < 1.29 is 29.0 Å². The molecule has 0 bridgehead atoms. The zero-order chi connectivity index (χ0) is 49.3. The minimum Gasteiger partial charge on any atom is -0.502 e. The number of likely N-dealkylation sites (N-methyl/N-ethyl adjacent to an activating group) is 2. The Hall–Kier alpha value is -7.19. The van der Waals surface area contributed by atoms with E-state index in [1.807, 2.05) is 24.3 Å². The van der Waals surface area contributed by atoms with Gasteiger partial charge in [-0.3, -0.25) is 38.1 Å². The summed E-state index contributed by atoms with van der Waals surface area (Å²) in [6.45, 7) is 7.74. The van der Waals surface area contributed by atoms with E-state index in [1.54, 1.807) is 61.0 Å². The number of amides is 2. The van der Waals surface area contributed by atoms with E-state index in [0.717, 1.165) is 38.1 Å². The molecule has 0 saturated heterocycles. The van der Waals surface area contributed by atoms with E-state index in [2.05, 4.69) is 83.0 Å². The third kappa shape index (κ3) is 9.50. The van der Waals surface area contributed by atoms with Gasteiger partial charge in [0.2, 0.25) is 21.8 Å². The van der Waals surface area contributed by atoms with Crippen LogP contribution in [0, 0.1) is 11.8 Å². The first-order chi connectivity index (χ1) is 33.1. The maximum absolute atomic E-state index is 13.3. The SMILES string of the molecule is CC(C)C(=O)Cl.CC(C)C(=O)Oc1c2n(ncc1=O)[C@@H](C1c3ccccc3CCc3ccccc31)CN(C)C2=O.CN1C[C@H](C2c3ccccc3CCc3ccccc32)n2ncc(=O)c(O)c2C1=O. The average Bonchev–Trinajstić information content (AvgIpc) is 3.61. The number of esters is 1. The molecule has 4 aliphatic rings. The summed E-state index contributed by atoms with van der Waals surface area (Å²) in [6.07, 6.45) is 5.98. The first kappa shape index (κ1) is 48.3. The maximum Gasteiger partial charge on any atom is 0.313 e. The molecule has 4 aromatic carbocycles. The second-order valence-electron chi connectivity index (χ2n) is 18.6. The van der Waals surface area contributed by atoms with Gasteiger partial charge < -0.3 is 19.6 Å². The van der Waals surface area contributed by atoms with Crippen molar-refractivity contribution in [1.29, 1.82) is 0 Å². The molecule has 6 aromatic rings. The third-order valence-electron chi connectivity index (χ3n) is 13.4. The lowest BCUT2D eigenvalue weighted by atomic mass is 9.81. The number of nitrogens with zero attached hydrogens (tertiary/aromatic N) is 6. The normalized spacial score (nSPS) is 17.3. The van der Waals surface area contributed by atoms with Crippen molar-refractivity contribution >= 4 is 34.6 Å². The van der Waals surface area contributed by atoms with Crippen LogP contribution in [-0.4, -0.2) is 84.7 Å². The molecule has 0 unspecified atom stereocenters. The van der Waals surface area contributed by atoms with Crippen LogP contribution in [0.1, 0.15) is 117 Å². The number of fused-ring (bicyclic) bond motifs is 6. The van der Waals surface area contributed by atoms with Gasteiger partial charge in [0.25, 0.3) is 11.8 Å². The molecule has 2 amide bonds. The lowest BCUT2D eigenvalue weighted by molar-refractivity contribution is -0.137. The predicted octanol–water partition coefficient (Wildman–Crippen LogP) is 7.28. The van der Waals surface area contributed by atoms with Crippen LogP contribution in [-0.2, 0) is 35.3 Å². The monoisotopic (exact) mass is 950 g/mol. The minimum absolute atomic E-state index is 0.0216. The zero-order valence-electron chi connectivity index (χ0n) is 39.5. The molecule has 2 atom stereocenters. The lowest BCUT2D eigenvalue weighted by Crippen LogP contribution is -2.46. The Morgan fingerprint density at radius 3 is 1.30 bits per heavy atom. The van der Waals surface area contributed by atoms with Crippen molar-refractivity contribution in [2.45, 2.75) is 77.3 Å². The van der Waals surface area contributed by atoms with Crippen molar-refractivity contribution in [2.75, 3.05) is 27.2 Å². The fraction of sp³-hybridized carbons (Fsp3) is 0.333. The highest BCUT2D eigenvalue weighted by molar-refractivity contribution is 6.63. The molecular formula is C54H55ClN6O8. The van der Waals surface area contributed by atoms with Crippen LogP contribution < -0.4 is 15.6 Å². The smallest absolute Gasteiger partial charge is 0.313 e. The Balaban J connectivity index is 0.000000168. The Labute approximate surface area is 405 Å². The second-order valence-corrected chi connectivity index (χ2v) is 18.9. The Bertz CT molecular complexity index is 2990. The molecule has 4 heterocycles. The lowest BCUT2D eigenvalue weighted by Gasteiger charge is -2.38. The van der Waals surface area contributed by atoms with Crippen LogP contribution in [0.4, 0.5) is 0 Å². The molecule has 0 fully saturated rings. The molecule has 0 radical (unpaired) electrons. The van der Waals surface area contributed by atoms with E-state index in [4.69, 9.17) is 16.3 Å². The molecule has 10 rings (SSSR count). The van der Waals surface area contributed by atoms with Gasteiger partial charge in [0.05, 0.1) is 30.4 Å². The number of ether oxygens (including phenoxy) is 1. The van der Waals surface area contributed by atoms with Crippen LogP contribution >= 0.6 is 11.6 Å². The number of halogens is 1. The number of hydrogen-bond acceptors (Lipinski definition) is 10. The number of benzene rings is 4. The Morgan fingerprint density at radius 1 is 0.580 bits per heavy atom. The Kier molecular flexibility index (Phi) is 14.1. The van der Waals surface area contributed by atoms with Gasteiger partial charge in [-0.15, -0.1) is 0 Å². The minimum atomic E-state index is -0.639. The number of hydrogen-bond donors (Lipinski definition) is 1. The predicted molar refractivity (Wildman–Crippen MR) is 261 cm³/mol. The highest BCUT2D eigenvalue weighted by atomic mass is 35.5. The summed E-state index contributed by atoms with van der Waals surface area (Å²) in [5, 5.41) is 18.8. The van der Waals surface area contributed by atoms with Crippen molar-refractivity contribution in [2.24, 2.45) is 11.8 Å². The summed E-state index contributed by atoms with van der Waals surface area (Å²) in [6, 6.07) is 33.0. The topological polar surface area (TPSA) is 174 Å². The van der Waals surface area contributed by atoms with Gasteiger partial charge in [-0.05, 0) is 81.8 Å². The van der Waals surface area contributed by atoms with Crippen molar-refractivity contribution in [3.63, 3.8) is 0 Å². The van der Waals surface area contributed by atoms with Gasteiger partial charge in [0, 0.05) is 44.9 Å². The number of carbonyl (C=O) groups excluding carboxylic acids is 4.